The fourth-order valence-corrected chi connectivity index (χ4v) is 2.09. The van der Waals surface area contributed by atoms with Crippen molar-refractivity contribution in [2.45, 2.75) is 25.9 Å². The Morgan fingerprint density at radius 1 is 1.54 bits per heavy atom. The monoisotopic (exact) mass is 199 g/mol. The van der Waals surface area contributed by atoms with Crippen LogP contribution in [0.1, 0.15) is 24.8 Å². The van der Waals surface area contributed by atoms with E-state index in [1.165, 1.54) is 4.88 Å². The summed E-state index contributed by atoms with van der Waals surface area (Å²) in [6.45, 7) is 5.07. The number of nitrogens with one attached hydrogen (secondary N) is 1. The first-order valence-corrected chi connectivity index (χ1v) is 5.40. The van der Waals surface area contributed by atoms with Crippen LogP contribution in [0.15, 0.2) is 17.5 Å². The molecule has 1 heterocycles. The Labute approximate surface area is 83.9 Å². The molecule has 1 aromatic heterocycles. The van der Waals surface area contributed by atoms with E-state index < -0.39 is 0 Å². The summed E-state index contributed by atoms with van der Waals surface area (Å²) in [5, 5.41) is 5.57. The van der Waals surface area contributed by atoms with Crippen LogP contribution >= 0.6 is 11.3 Å². The third-order valence-electron chi connectivity index (χ3n) is 1.92. The van der Waals surface area contributed by atoms with Gasteiger partial charge in [0.2, 0.25) is 0 Å². The maximum atomic E-state index is 5.06. The molecule has 0 radical (unpaired) electrons. The third-order valence-corrected chi connectivity index (χ3v) is 2.98. The van der Waals surface area contributed by atoms with E-state index in [1.807, 2.05) is 0 Å². The van der Waals surface area contributed by atoms with Crippen LogP contribution in [-0.2, 0) is 4.74 Å². The quantitative estimate of drug-likeness (QED) is 0.786. The van der Waals surface area contributed by atoms with Crippen molar-refractivity contribution < 1.29 is 4.74 Å². The van der Waals surface area contributed by atoms with Crippen LogP contribution in [0.4, 0.5) is 0 Å². The van der Waals surface area contributed by atoms with E-state index in [4.69, 9.17) is 4.74 Å². The lowest BCUT2D eigenvalue weighted by molar-refractivity contribution is 0.168. The number of hydrogen-bond donors (Lipinski definition) is 1. The summed E-state index contributed by atoms with van der Waals surface area (Å²) in [4.78, 5) is 1.38. The Bertz CT molecular complexity index is 223. The Balaban J connectivity index is 2.37. The highest BCUT2D eigenvalue weighted by Crippen LogP contribution is 2.18. The normalized spacial score (nSPS) is 15.6. The molecule has 2 nitrogen and oxygen atoms in total. The zero-order chi connectivity index (χ0) is 9.68. The number of rotatable bonds is 5. The topological polar surface area (TPSA) is 21.3 Å². The van der Waals surface area contributed by atoms with Crippen LogP contribution in [-0.4, -0.2) is 19.8 Å². The van der Waals surface area contributed by atoms with Gasteiger partial charge in [-0.1, -0.05) is 6.07 Å². The van der Waals surface area contributed by atoms with E-state index in [-0.39, 0.29) is 0 Å². The molecule has 0 aromatic carbocycles. The molecule has 0 bridgehead atoms. The lowest BCUT2D eigenvalue weighted by atomic mass is 10.2. The van der Waals surface area contributed by atoms with Gasteiger partial charge >= 0.3 is 0 Å². The molecule has 2 atom stereocenters. The van der Waals surface area contributed by atoms with Crippen LogP contribution in [0, 0.1) is 0 Å². The molecule has 0 saturated carbocycles. The maximum absolute atomic E-state index is 5.06. The van der Waals surface area contributed by atoms with Gasteiger partial charge in [-0.05, 0) is 25.3 Å². The summed E-state index contributed by atoms with van der Waals surface area (Å²) < 4.78 is 5.06. The fraction of sp³-hybridized carbons (Fsp3) is 0.600. The molecule has 1 aromatic rings. The average Bonchev–Trinajstić information content (AvgIpc) is 2.55. The van der Waals surface area contributed by atoms with Crippen molar-refractivity contribution in [1.82, 2.24) is 5.32 Å². The minimum absolute atomic E-state index is 0.405. The number of hydrogen-bond acceptors (Lipinski definition) is 3. The smallest absolute Gasteiger partial charge is 0.0613 e. The largest absolute Gasteiger partial charge is 0.383 e. The van der Waals surface area contributed by atoms with Crippen molar-refractivity contribution in [2.75, 3.05) is 13.7 Å². The predicted octanol–water partition coefficient (Wildman–Crippen LogP) is 2.43. The molecule has 1 N–H and O–H groups in total. The SMILES string of the molecule is COCC(C)N[C@H](C)c1cccs1. The lowest BCUT2D eigenvalue weighted by Crippen LogP contribution is -2.32. The molecule has 1 unspecified atom stereocenters. The summed E-state index contributed by atoms with van der Waals surface area (Å²) in [6, 6.07) is 5.06. The van der Waals surface area contributed by atoms with E-state index in [0.717, 1.165) is 6.61 Å². The highest BCUT2D eigenvalue weighted by atomic mass is 32.1. The van der Waals surface area contributed by atoms with Crippen molar-refractivity contribution in [3.8, 4) is 0 Å². The highest BCUT2D eigenvalue weighted by molar-refractivity contribution is 7.10. The summed E-state index contributed by atoms with van der Waals surface area (Å²) in [6.07, 6.45) is 0. The molecule has 0 fully saturated rings. The molecule has 1 rings (SSSR count). The van der Waals surface area contributed by atoms with Gasteiger partial charge in [0.25, 0.3) is 0 Å². The standard InChI is InChI=1S/C10H17NOS/c1-8(7-12-3)11-9(2)10-5-4-6-13-10/h4-6,8-9,11H,7H2,1-3H3/t8?,9-/m1/s1. The van der Waals surface area contributed by atoms with Gasteiger partial charge < -0.3 is 10.1 Å². The molecule has 74 valence electrons. The van der Waals surface area contributed by atoms with Crippen LogP contribution < -0.4 is 5.32 Å². The first-order chi connectivity index (χ1) is 6.24. The molecule has 0 amide bonds. The minimum Gasteiger partial charge on any atom is -0.383 e. The van der Waals surface area contributed by atoms with E-state index >= 15 is 0 Å². The summed E-state index contributed by atoms with van der Waals surface area (Å²) in [5.41, 5.74) is 0. The molecular weight excluding hydrogens is 182 g/mol. The van der Waals surface area contributed by atoms with Gasteiger partial charge in [-0.15, -0.1) is 11.3 Å². The van der Waals surface area contributed by atoms with Gasteiger partial charge in [0, 0.05) is 24.1 Å². The van der Waals surface area contributed by atoms with Gasteiger partial charge in [-0.3, -0.25) is 0 Å². The van der Waals surface area contributed by atoms with Crippen LogP contribution in [0.3, 0.4) is 0 Å². The molecular formula is C10H17NOS. The van der Waals surface area contributed by atoms with Crippen molar-refractivity contribution in [2.24, 2.45) is 0 Å². The van der Waals surface area contributed by atoms with E-state index in [9.17, 15) is 0 Å². The Hall–Kier alpha value is -0.380. The second-order valence-electron chi connectivity index (χ2n) is 3.26. The fourth-order valence-electron chi connectivity index (χ4n) is 1.34. The van der Waals surface area contributed by atoms with E-state index in [0.29, 0.717) is 12.1 Å². The molecule has 0 aliphatic carbocycles. The van der Waals surface area contributed by atoms with Gasteiger partial charge in [0.15, 0.2) is 0 Å². The zero-order valence-electron chi connectivity index (χ0n) is 8.41. The Morgan fingerprint density at radius 2 is 2.31 bits per heavy atom. The van der Waals surface area contributed by atoms with Crippen molar-refractivity contribution >= 4 is 11.3 Å². The van der Waals surface area contributed by atoms with E-state index in [1.54, 1.807) is 18.4 Å². The molecule has 0 saturated heterocycles. The second-order valence-corrected chi connectivity index (χ2v) is 4.24. The average molecular weight is 199 g/mol. The first-order valence-electron chi connectivity index (χ1n) is 4.52. The van der Waals surface area contributed by atoms with Crippen LogP contribution in [0.5, 0.6) is 0 Å². The minimum atomic E-state index is 0.405. The number of ether oxygens (including phenoxy) is 1. The molecule has 0 aliphatic rings. The summed E-state index contributed by atoms with van der Waals surface area (Å²) in [5.74, 6) is 0. The van der Waals surface area contributed by atoms with Crippen LogP contribution in [0.2, 0.25) is 0 Å². The first kappa shape index (κ1) is 10.7. The predicted molar refractivity (Wildman–Crippen MR) is 57.2 cm³/mol. The molecule has 13 heavy (non-hydrogen) atoms. The number of thiophene rings is 1. The summed E-state index contributed by atoms with van der Waals surface area (Å²) in [7, 11) is 1.73. The maximum Gasteiger partial charge on any atom is 0.0613 e. The van der Waals surface area contributed by atoms with Crippen LogP contribution in [0.25, 0.3) is 0 Å². The highest BCUT2D eigenvalue weighted by Gasteiger charge is 2.09. The van der Waals surface area contributed by atoms with Crippen molar-refractivity contribution in [1.29, 1.82) is 0 Å². The summed E-state index contributed by atoms with van der Waals surface area (Å²) >= 11 is 1.79. The molecule has 3 heteroatoms. The third kappa shape index (κ3) is 3.46. The van der Waals surface area contributed by atoms with Gasteiger partial charge in [-0.2, -0.15) is 0 Å². The number of methoxy groups -OCH3 is 1. The zero-order valence-corrected chi connectivity index (χ0v) is 9.23. The van der Waals surface area contributed by atoms with Gasteiger partial charge in [0.1, 0.15) is 0 Å². The molecule has 0 aliphatic heterocycles. The van der Waals surface area contributed by atoms with Crippen molar-refractivity contribution in [3.05, 3.63) is 22.4 Å². The van der Waals surface area contributed by atoms with E-state index in [2.05, 4.69) is 36.7 Å². The van der Waals surface area contributed by atoms with Gasteiger partial charge in [0.05, 0.1) is 6.61 Å². The Morgan fingerprint density at radius 3 is 2.85 bits per heavy atom. The second kappa shape index (κ2) is 5.37. The molecule has 0 spiro atoms. The Kier molecular flexibility index (Phi) is 4.42. The lowest BCUT2D eigenvalue weighted by Gasteiger charge is -2.18. The van der Waals surface area contributed by atoms with Gasteiger partial charge in [-0.25, -0.2) is 0 Å². The van der Waals surface area contributed by atoms with Crippen molar-refractivity contribution in [3.63, 3.8) is 0 Å².